The molecule has 0 saturated carbocycles. The molecule has 0 amide bonds. The highest BCUT2D eigenvalue weighted by molar-refractivity contribution is 5.19. The minimum absolute atomic E-state index is 0.916. The summed E-state index contributed by atoms with van der Waals surface area (Å²) in [7, 11) is 0. The van der Waals surface area contributed by atoms with Crippen LogP contribution in [0.5, 0.6) is 0 Å². The van der Waals surface area contributed by atoms with Gasteiger partial charge in [-0.05, 0) is 31.0 Å². The zero-order valence-corrected chi connectivity index (χ0v) is 12.0. The monoisotopic (exact) mass is 248 g/mol. The molecular weight excluding hydrogens is 220 g/mol. The van der Waals surface area contributed by atoms with Crippen molar-refractivity contribution in [1.82, 2.24) is 10.3 Å². The van der Waals surface area contributed by atoms with E-state index in [9.17, 15) is 0 Å². The first kappa shape index (κ1) is 15.2. The second kappa shape index (κ2) is 10.1. The SMILES string of the molecule is CCCCCCCCNCc1ncccc1CC. The van der Waals surface area contributed by atoms with Crippen LogP contribution in [0.4, 0.5) is 0 Å². The average molecular weight is 248 g/mol. The Morgan fingerprint density at radius 1 is 1.06 bits per heavy atom. The van der Waals surface area contributed by atoms with Crippen molar-refractivity contribution in [3.63, 3.8) is 0 Å². The van der Waals surface area contributed by atoms with Crippen LogP contribution >= 0.6 is 0 Å². The van der Waals surface area contributed by atoms with Gasteiger partial charge in [0.25, 0.3) is 0 Å². The second-order valence-electron chi connectivity index (χ2n) is 4.91. The van der Waals surface area contributed by atoms with E-state index in [1.54, 1.807) is 0 Å². The molecule has 1 aromatic heterocycles. The van der Waals surface area contributed by atoms with Gasteiger partial charge in [-0.2, -0.15) is 0 Å². The minimum atomic E-state index is 0.916. The minimum Gasteiger partial charge on any atom is -0.311 e. The average Bonchev–Trinajstić information content (AvgIpc) is 2.42. The summed E-state index contributed by atoms with van der Waals surface area (Å²) in [6.45, 7) is 6.48. The molecular formula is C16H28N2. The van der Waals surface area contributed by atoms with Crippen LogP contribution in [0, 0.1) is 0 Å². The molecule has 1 N–H and O–H groups in total. The van der Waals surface area contributed by atoms with E-state index in [1.165, 1.54) is 49.8 Å². The smallest absolute Gasteiger partial charge is 0.0573 e. The van der Waals surface area contributed by atoms with Gasteiger partial charge < -0.3 is 5.32 Å². The lowest BCUT2D eigenvalue weighted by molar-refractivity contribution is 0.568. The number of nitrogens with one attached hydrogen (secondary N) is 1. The molecule has 0 aliphatic rings. The van der Waals surface area contributed by atoms with E-state index < -0.39 is 0 Å². The standard InChI is InChI=1S/C16H28N2/c1-3-5-6-7-8-9-12-17-14-16-15(4-2)11-10-13-18-16/h10-11,13,17H,3-9,12,14H2,1-2H3. The summed E-state index contributed by atoms with van der Waals surface area (Å²) in [5.41, 5.74) is 2.58. The van der Waals surface area contributed by atoms with Crippen molar-refractivity contribution in [3.05, 3.63) is 29.6 Å². The van der Waals surface area contributed by atoms with Crippen molar-refractivity contribution in [1.29, 1.82) is 0 Å². The predicted octanol–water partition coefficient (Wildman–Crippen LogP) is 4.09. The maximum absolute atomic E-state index is 4.45. The molecule has 0 saturated heterocycles. The molecule has 2 nitrogen and oxygen atoms in total. The fourth-order valence-electron chi connectivity index (χ4n) is 2.19. The molecule has 0 aliphatic heterocycles. The number of rotatable bonds is 10. The summed E-state index contributed by atoms with van der Waals surface area (Å²) >= 11 is 0. The van der Waals surface area contributed by atoms with Gasteiger partial charge in [0.05, 0.1) is 5.69 Å². The number of hydrogen-bond acceptors (Lipinski definition) is 2. The van der Waals surface area contributed by atoms with Crippen LogP contribution in [0.1, 0.15) is 63.6 Å². The Hall–Kier alpha value is -0.890. The third-order valence-electron chi connectivity index (χ3n) is 3.36. The Labute approximate surface area is 112 Å². The van der Waals surface area contributed by atoms with Gasteiger partial charge in [-0.3, -0.25) is 4.98 Å². The Kier molecular flexibility index (Phi) is 8.49. The van der Waals surface area contributed by atoms with Gasteiger partial charge in [0.1, 0.15) is 0 Å². The molecule has 2 heteroatoms. The predicted molar refractivity (Wildman–Crippen MR) is 78.7 cm³/mol. The van der Waals surface area contributed by atoms with Crippen molar-refractivity contribution in [3.8, 4) is 0 Å². The Morgan fingerprint density at radius 3 is 2.61 bits per heavy atom. The Bertz CT molecular complexity index is 310. The van der Waals surface area contributed by atoms with Crippen LogP contribution in [0.3, 0.4) is 0 Å². The van der Waals surface area contributed by atoms with Crippen molar-refractivity contribution >= 4 is 0 Å². The molecule has 18 heavy (non-hydrogen) atoms. The van der Waals surface area contributed by atoms with Crippen LogP contribution in [0.15, 0.2) is 18.3 Å². The zero-order valence-electron chi connectivity index (χ0n) is 12.0. The lowest BCUT2D eigenvalue weighted by atomic mass is 10.1. The highest BCUT2D eigenvalue weighted by atomic mass is 14.9. The number of hydrogen-bond donors (Lipinski definition) is 1. The molecule has 0 fully saturated rings. The maximum Gasteiger partial charge on any atom is 0.0573 e. The third-order valence-corrected chi connectivity index (χ3v) is 3.36. The molecule has 0 aromatic carbocycles. The number of aryl methyl sites for hydroxylation is 1. The third kappa shape index (κ3) is 6.15. The van der Waals surface area contributed by atoms with Crippen molar-refractivity contribution in [2.75, 3.05) is 6.54 Å². The summed E-state index contributed by atoms with van der Waals surface area (Å²) in [6, 6.07) is 4.20. The van der Waals surface area contributed by atoms with Crippen molar-refractivity contribution in [2.45, 2.75) is 65.3 Å². The number of aromatic nitrogens is 1. The van der Waals surface area contributed by atoms with Crippen LogP contribution in [0.2, 0.25) is 0 Å². The van der Waals surface area contributed by atoms with Crippen LogP contribution in [-0.4, -0.2) is 11.5 Å². The molecule has 0 bridgehead atoms. The molecule has 1 heterocycles. The van der Waals surface area contributed by atoms with Crippen molar-refractivity contribution < 1.29 is 0 Å². The first-order chi connectivity index (χ1) is 8.88. The van der Waals surface area contributed by atoms with Gasteiger partial charge in [-0.25, -0.2) is 0 Å². The molecule has 1 rings (SSSR count). The van der Waals surface area contributed by atoms with Crippen LogP contribution < -0.4 is 5.32 Å². The van der Waals surface area contributed by atoms with Crippen molar-refractivity contribution in [2.24, 2.45) is 0 Å². The Balaban J connectivity index is 2.07. The summed E-state index contributed by atoms with van der Waals surface area (Å²) < 4.78 is 0. The first-order valence-electron chi connectivity index (χ1n) is 7.52. The summed E-state index contributed by atoms with van der Waals surface area (Å²) in [5.74, 6) is 0. The Morgan fingerprint density at radius 2 is 1.83 bits per heavy atom. The van der Waals surface area contributed by atoms with E-state index in [1.807, 2.05) is 12.3 Å². The highest BCUT2D eigenvalue weighted by Gasteiger charge is 2.00. The normalized spacial score (nSPS) is 10.8. The first-order valence-corrected chi connectivity index (χ1v) is 7.52. The fourth-order valence-corrected chi connectivity index (χ4v) is 2.19. The van der Waals surface area contributed by atoms with E-state index in [-0.39, 0.29) is 0 Å². The van der Waals surface area contributed by atoms with Gasteiger partial charge in [0, 0.05) is 12.7 Å². The zero-order chi connectivity index (χ0) is 13.1. The van der Waals surface area contributed by atoms with E-state index in [0.29, 0.717) is 0 Å². The quantitative estimate of drug-likeness (QED) is 0.631. The molecule has 0 aliphatic carbocycles. The van der Waals surface area contributed by atoms with E-state index in [0.717, 1.165) is 19.5 Å². The largest absolute Gasteiger partial charge is 0.311 e. The van der Waals surface area contributed by atoms with Gasteiger partial charge in [-0.15, -0.1) is 0 Å². The topological polar surface area (TPSA) is 24.9 Å². The van der Waals surface area contributed by atoms with Crippen LogP contribution in [-0.2, 0) is 13.0 Å². The lowest BCUT2D eigenvalue weighted by Crippen LogP contribution is -2.16. The number of pyridine rings is 1. The summed E-state index contributed by atoms with van der Waals surface area (Å²) in [6.07, 6.45) is 11.1. The second-order valence-corrected chi connectivity index (χ2v) is 4.91. The van der Waals surface area contributed by atoms with E-state index in [4.69, 9.17) is 0 Å². The van der Waals surface area contributed by atoms with Gasteiger partial charge in [-0.1, -0.05) is 52.0 Å². The van der Waals surface area contributed by atoms with Gasteiger partial charge >= 0.3 is 0 Å². The summed E-state index contributed by atoms with van der Waals surface area (Å²) in [4.78, 5) is 4.45. The van der Waals surface area contributed by atoms with Crippen LogP contribution in [0.25, 0.3) is 0 Å². The molecule has 0 spiro atoms. The molecule has 1 aromatic rings. The number of nitrogens with zero attached hydrogens (tertiary/aromatic N) is 1. The summed E-state index contributed by atoms with van der Waals surface area (Å²) in [5, 5.41) is 3.50. The maximum atomic E-state index is 4.45. The van der Waals surface area contributed by atoms with E-state index >= 15 is 0 Å². The van der Waals surface area contributed by atoms with Gasteiger partial charge in [0.2, 0.25) is 0 Å². The molecule has 0 unspecified atom stereocenters. The lowest BCUT2D eigenvalue weighted by Gasteiger charge is -2.08. The highest BCUT2D eigenvalue weighted by Crippen LogP contribution is 2.06. The molecule has 102 valence electrons. The van der Waals surface area contributed by atoms with E-state index in [2.05, 4.69) is 30.2 Å². The molecule has 0 radical (unpaired) electrons. The number of unbranched alkanes of at least 4 members (excludes halogenated alkanes) is 5. The van der Waals surface area contributed by atoms with Gasteiger partial charge in [0.15, 0.2) is 0 Å². The fraction of sp³-hybridized carbons (Fsp3) is 0.688. The molecule has 0 atom stereocenters.